The van der Waals surface area contributed by atoms with Gasteiger partial charge in [-0.25, -0.2) is 0 Å². The van der Waals surface area contributed by atoms with Crippen molar-refractivity contribution in [2.75, 3.05) is 19.6 Å². The molecule has 1 N–H and O–H groups in total. The zero-order valence-electron chi connectivity index (χ0n) is 8.26. The van der Waals surface area contributed by atoms with Crippen LogP contribution in [0.5, 0.6) is 0 Å². The Bertz CT molecular complexity index is 235. The molecule has 72 valence electrons. The summed E-state index contributed by atoms with van der Waals surface area (Å²) in [6, 6.07) is 0.369. The number of carbonyl (C=O) groups is 1. The van der Waals surface area contributed by atoms with Gasteiger partial charge < -0.3 is 10.2 Å². The molecule has 1 amide bonds. The highest BCUT2D eigenvalue weighted by Crippen LogP contribution is 2.05. The molecule has 0 radical (unpaired) electrons. The maximum absolute atomic E-state index is 11.5. The SMILES string of the molecule is CC#CC(=O)N(CCC)C1CNC1. The molecule has 0 atom stereocenters. The normalized spacial score (nSPS) is 15.5. The van der Waals surface area contributed by atoms with Crippen LogP contribution in [0.4, 0.5) is 0 Å². The van der Waals surface area contributed by atoms with E-state index in [0.29, 0.717) is 6.04 Å². The Labute approximate surface area is 79.5 Å². The van der Waals surface area contributed by atoms with E-state index >= 15 is 0 Å². The van der Waals surface area contributed by atoms with Crippen LogP contribution in [0.3, 0.4) is 0 Å². The molecule has 0 aromatic carbocycles. The Morgan fingerprint density at radius 1 is 1.62 bits per heavy atom. The molecule has 1 aliphatic heterocycles. The number of hydrogen-bond acceptors (Lipinski definition) is 2. The highest BCUT2D eigenvalue weighted by atomic mass is 16.2. The minimum atomic E-state index is -0.0316. The van der Waals surface area contributed by atoms with Gasteiger partial charge in [0.1, 0.15) is 0 Å². The highest BCUT2D eigenvalue weighted by Gasteiger charge is 2.26. The second-order valence-electron chi connectivity index (χ2n) is 3.19. The first-order chi connectivity index (χ1) is 6.29. The van der Waals surface area contributed by atoms with Crippen LogP contribution in [0.25, 0.3) is 0 Å². The van der Waals surface area contributed by atoms with Crippen LogP contribution in [0.1, 0.15) is 20.3 Å². The molecule has 0 saturated carbocycles. The number of hydrogen-bond donors (Lipinski definition) is 1. The quantitative estimate of drug-likeness (QED) is 0.630. The molecule has 0 unspecified atom stereocenters. The Hall–Kier alpha value is -1.01. The second-order valence-corrected chi connectivity index (χ2v) is 3.19. The molecule has 1 heterocycles. The first-order valence-corrected chi connectivity index (χ1v) is 4.73. The molecule has 0 spiro atoms. The van der Waals surface area contributed by atoms with Crippen molar-refractivity contribution in [3.05, 3.63) is 0 Å². The fraction of sp³-hybridized carbons (Fsp3) is 0.700. The zero-order valence-corrected chi connectivity index (χ0v) is 8.26. The van der Waals surface area contributed by atoms with Crippen molar-refractivity contribution in [1.82, 2.24) is 10.2 Å². The van der Waals surface area contributed by atoms with E-state index in [1.807, 2.05) is 4.90 Å². The standard InChI is InChI=1S/C10H16N2O/c1-3-5-10(13)12(6-4-2)9-7-11-8-9/h9,11H,4,6-8H2,1-2H3. The summed E-state index contributed by atoms with van der Waals surface area (Å²) in [4.78, 5) is 13.4. The fourth-order valence-electron chi connectivity index (χ4n) is 1.36. The topological polar surface area (TPSA) is 32.3 Å². The summed E-state index contributed by atoms with van der Waals surface area (Å²) in [5, 5.41) is 3.16. The molecule has 0 aliphatic carbocycles. The van der Waals surface area contributed by atoms with Gasteiger partial charge >= 0.3 is 0 Å². The molecule has 0 aromatic heterocycles. The minimum absolute atomic E-state index is 0.0316. The van der Waals surface area contributed by atoms with Crippen LogP contribution < -0.4 is 5.32 Å². The lowest BCUT2D eigenvalue weighted by Crippen LogP contribution is -2.58. The van der Waals surface area contributed by atoms with E-state index < -0.39 is 0 Å². The van der Waals surface area contributed by atoms with Gasteiger partial charge in [0, 0.05) is 19.6 Å². The Kier molecular flexibility index (Phi) is 3.78. The summed E-state index contributed by atoms with van der Waals surface area (Å²) < 4.78 is 0. The Morgan fingerprint density at radius 3 is 2.69 bits per heavy atom. The first-order valence-electron chi connectivity index (χ1n) is 4.73. The predicted octanol–water partition coefficient (Wildman–Crippen LogP) is 0.220. The third-order valence-electron chi connectivity index (χ3n) is 2.16. The van der Waals surface area contributed by atoms with Crippen molar-refractivity contribution in [2.24, 2.45) is 0 Å². The van der Waals surface area contributed by atoms with Crippen LogP contribution >= 0.6 is 0 Å². The van der Waals surface area contributed by atoms with Crippen LogP contribution in [0.15, 0.2) is 0 Å². The first kappa shape index (κ1) is 10.1. The van der Waals surface area contributed by atoms with E-state index in [2.05, 4.69) is 24.1 Å². The number of amides is 1. The number of nitrogens with one attached hydrogen (secondary N) is 1. The monoisotopic (exact) mass is 180 g/mol. The third-order valence-corrected chi connectivity index (χ3v) is 2.16. The van der Waals surface area contributed by atoms with Gasteiger partial charge in [-0.1, -0.05) is 12.8 Å². The van der Waals surface area contributed by atoms with Crippen molar-refractivity contribution in [1.29, 1.82) is 0 Å². The van der Waals surface area contributed by atoms with Crippen molar-refractivity contribution >= 4 is 5.91 Å². The lowest BCUT2D eigenvalue weighted by molar-refractivity contribution is -0.128. The van der Waals surface area contributed by atoms with Crippen LogP contribution in [0, 0.1) is 11.8 Å². The molecule has 1 saturated heterocycles. The maximum atomic E-state index is 11.5. The number of carbonyl (C=O) groups excluding carboxylic acids is 1. The number of rotatable bonds is 3. The van der Waals surface area contributed by atoms with Gasteiger partial charge in [0.05, 0.1) is 6.04 Å². The van der Waals surface area contributed by atoms with E-state index in [9.17, 15) is 4.79 Å². The lowest BCUT2D eigenvalue weighted by atomic mass is 10.1. The zero-order chi connectivity index (χ0) is 9.68. The second kappa shape index (κ2) is 4.88. The van der Waals surface area contributed by atoms with Crippen molar-refractivity contribution in [3.8, 4) is 11.8 Å². The summed E-state index contributed by atoms with van der Waals surface area (Å²) in [5.74, 6) is 5.20. The van der Waals surface area contributed by atoms with Gasteiger partial charge in [-0.05, 0) is 19.3 Å². The fourth-order valence-corrected chi connectivity index (χ4v) is 1.36. The van der Waals surface area contributed by atoms with Crippen molar-refractivity contribution < 1.29 is 4.79 Å². The lowest BCUT2D eigenvalue weighted by Gasteiger charge is -2.37. The smallest absolute Gasteiger partial charge is 0.298 e. The summed E-state index contributed by atoms with van der Waals surface area (Å²) in [6.45, 7) is 6.42. The van der Waals surface area contributed by atoms with Crippen LogP contribution in [-0.2, 0) is 4.79 Å². The van der Waals surface area contributed by atoms with E-state index in [-0.39, 0.29) is 5.91 Å². The molecule has 1 aliphatic rings. The summed E-state index contributed by atoms with van der Waals surface area (Å²) >= 11 is 0. The van der Waals surface area contributed by atoms with E-state index in [0.717, 1.165) is 26.1 Å². The highest BCUT2D eigenvalue weighted by molar-refractivity contribution is 5.93. The Morgan fingerprint density at radius 2 is 2.31 bits per heavy atom. The molecule has 3 nitrogen and oxygen atoms in total. The van der Waals surface area contributed by atoms with Crippen molar-refractivity contribution in [3.63, 3.8) is 0 Å². The average Bonchev–Trinajstić information content (AvgIpc) is 2.01. The molecule has 3 heteroatoms. The third kappa shape index (κ3) is 2.46. The molecule has 1 fully saturated rings. The molecule has 13 heavy (non-hydrogen) atoms. The average molecular weight is 180 g/mol. The molecular weight excluding hydrogens is 164 g/mol. The van der Waals surface area contributed by atoms with Gasteiger partial charge in [-0.3, -0.25) is 4.79 Å². The van der Waals surface area contributed by atoms with E-state index in [1.54, 1.807) is 6.92 Å². The Balaban J connectivity index is 2.53. The van der Waals surface area contributed by atoms with Gasteiger partial charge in [0.15, 0.2) is 0 Å². The minimum Gasteiger partial charge on any atom is -0.326 e. The van der Waals surface area contributed by atoms with Gasteiger partial charge in [0.25, 0.3) is 5.91 Å². The molecular formula is C10H16N2O. The van der Waals surface area contributed by atoms with Gasteiger partial charge in [-0.15, -0.1) is 0 Å². The van der Waals surface area contributed by atoms with Gasteiger partial charge in [0.2, 0.25) is 0 Å². The summed E-state index contributed by atoms with van der Waals surface area (Å²) in [5.41, 5.74) is 0. The molecule has 1 rings (SSSR count). The van der Waals surface area contributed by atoms with E-state index in [1.165, 1.54) is 0 Å². The van der Waals surface area contributed by atoms with Gasteiger partial charge in [-0.2, -0.15) is 0 Å². The van der Waals surface area contributed by atoms with Crippen LogP contribution in [-0.4, -0.2) is 36.5 Å². The van der Waals surface area contributed by atoms with E-state index in [4.69, 9.17) is 0 Å². The maximum Gasteiger partial charge on any atom is 0.298 e. The largest absolute Gasteiger partial charge is 0.326 e. The molecule has 0 bridgehead atoms. The predicted molar refractivity (Wildman–Crippen MR) is 52.1 cm³/mol. The van der Waals surface area contributed by atoms with Crippen LogP contribution in [0.2, 0.25) is 0 Å². The summed E-state index contributed by atoms with van der Waals surface area (Å²) in [6.07, 6.45) is 0.994. The molecule has 0 aromatic rings. The number of nitrogens with zero attached hydrogens (tertiary/aromatic N) is 1. The van der Waals surface area contributed by atoms with Crippen molar-refractivity contribution in [2.45, 2.75) is 26.3 Å². The summed E-state index contributed by atoms with van der Waals surface area (Å²) in [7, 11) is 0.